The molecule has 0 saturated heterocycles. The van der Waals surface area contributed by atoms with Gasteiger partial charge in [-0.1, -0.05) is 0 Å². The quantitative estimate of drug-likeness (QED) is 0.600. The fourth-order valence-electron chi connectivity index (χ4n) is 2.59. The summed E-state index contributed by atoms with van der Waals surface area (Å²) in [4.78, 5) is 23.8. The predicted octanol–water partition coefficient (Wildman–Crippen LogP) is 1.78. The number of hydrogen-bond acceptors (Lipinski definition) is 8. The molecule has 0 atom stereocenters. The number of esters is 1. The molecule has 0 aliphatic heterocycles. The van der Waals surface area contributed by atoms with Gasteiger partial charge in [0.15, 0.2) is 18.1 Å². The minimum absolute atomic E-state index is 0.259. The molecule has 3 rings (SSSR count). The first kappa shape index (κ1) is 19.8. The van der Waals surface area contributed by atoms with Crippen LogP contribution in [0.5, 0.6) is 11.5 Å². The van der Waals surface area contributed by atoms with E-state index in [1.54, 1.807) is 22.9 Å². The van der Waals surface area contributed by atoms with E-state index < -0.39 is 5.97 Å². The van der Waals surface area contributed by atoms with Crippen LogP contribution in [0.4, 0.5) is 5.69 Å². The van der Waals surface area contributed by atoms with Crippen LogP contribution in [0.1, 0.15) is 15.9 Å². The molecule has 0 aliphatic carbocycles. The number of ether oxygens (including phenoxy) is 3. The number of aromatic nitrogens is 4. The molecular weight excluding hydrogens is 378 g/mol. The Labute approximate surface area is 166 Å². The first-order chi connectivity index (χ1) is 14.0. The second kappa shape index (κ2) is 8.83. The van der Waals surface area contributed by atoms with Crippen LogP contribution >= 0.6 is 0 Å². The van der Waals surface area contributed by atoms with Crippen molar-refractivity contribution in [2.45, 2.75) is 6.92 Å². The summed E-state index contributed by atoms with van der Waals surface area (Å²) in [7, 11) is 2.72. The number of carbonyl (C=O) groups is 2. The second-order valence-electron chi connectivity index (χ2n) is 5.94. The fourth-order valence-corrected chi connectivity index (χ4v) is 2.59. The highest BCUT2D eigenvalue weighted by atomic mass is 16.6. The van der Waals surface area contributed by atoms with Crippen LogP contribution in [-0.4, -0.2) is 52.9 Å². The van der Waals surface area contributed by atoms with Gasteiger partial charge in [0.05, 0.1) is 19.9 Å². The largest absolute Gasteiger partial charge is 0.493 e. The summed E-state index contributed by atoms with van der Waals surface area (Å²) < 4.78 is 16.7. The Balaban J connectivity index is 1.73. The number of anilines is 1. The number of amides is 1. The van der Waals surface area contributed by atoms with Crippen molar-refractivity contribution in [1.29, 1.82) is 0 Å². The maximum absolute atomic E-state index is 12.6. The minimum atomic E-state index is -0.519. The topological polar surface area (TPSA) is 117 Å². The molecule has 0 spiro atoms. The Morgan fingerprint density at radius 2 is 1.93 bits per heavy atom. The lowest BCUT2D eigenvalue weighted by Gasteiger charge is -2.12. The third-order valence-electron chi connectivity index (χ3n) is 4.05. The van der Waals surface area contributed by atoms with E-state index in [0.29, 0.717) is 22.7 Å². The van der Waals surface area contributed by atoms with Gasteiger partial charge in [0.25, 0.3) is 5.91 Å². The summed E-state index contributed by atoms with van der Waals surface area (Å²) >= 11 is 0. The molecule has 1 heterocycles. The van der Waals surface area contributed by atoms with E-state index in [9.17, 15) is 9.59 Å². The molecular formula is C19H19N5O5. The highest BCUT2D eigenvalue weighted by Crippen LogP contribution is 2.28. The van der Waals surface area contributed by atoms with Crippen LogP contribution in [0.2, 0.25) is 0 Å². The monoisotopic (exact) mass is 397 g/mol. The van der Waals surface area contributed by atoms with Gasteiger partial charge < -0.3 is 19.5 Å². The average Bonchev–Trinajstić information content (AvgIpc) is 3.26. The molecule has 0 unspecified atom stereocenters. The number of nitrogens with one attached hydrogen (secondary N) is 1. The first-order valence-corrected chi connectivity index (χ1v) is 8.55. The van der Waals surface area contributed by atoms with Crippen molar-refractivity contribution in [2.75, 3.05) is 26.1 Å². The van der Waals surface area contributed by atoms with Gasteiger partial charge in [0.2, 0.25) is 0 Å². The highest BCUT2D eigenvalue weighted by molar-refractivity contribution is 6.04. The van der Waals surface area contributed by atoms with Crippen molar-refractivity contribution >= 4 is 17.6 Å². The smallest absolute Gasteiger partial charge is 0.343 e. The molecule has 3 aromatic rings. The molecule has 29 heavy (non-hydrogen) atoms. The molecule has 2 aromatic carbocycles. The molecule has 1 amide bonds. The van der Waals surface area contributed by atoms with Crippen LogP contribution in [0, 0.1) is 6.92 Å². The van der Waals surface area contributed by atoms with Crippen LogP contribution < -0.4 is 14.8 Å². The van der Waals surface area contributed by atoms with Crippen molar-refractivity contribution in [3.8, 4) is 17.2 Å². The molecule has 0 fully saturated rings. The van der Waals surface area contributed by atoms with Crippen molar-refractivity contribution in [2.24, 2.45) is 0 Å². The number of benzene rings is 2. The molecule has 0 bridgehead atoms. The number of aryl methyl sites for hydroxylation is 1. The van der Waals surface area contributed by atoms with Crippen LogP contribution in [0.3, 0.4) is 0 Å². The molecule has 150 valence electrons. The number of carbonyl (C=O) groups excluding carboxylic acids is 2. The normalized spacial score (nSPS) is 10.3. The Morgan fingerprint density at radius 1 is 1.10 bits per heavy atom. The van der Waals surface area contributed by atoms with Gasteiger partial charge in [0.1, 0.15) is 6.33 Å². The molecule has 10 nitrogen and oxygen atoms in total. The van der Waals surface area contributed by atoms with E-state index >= 15 is 0 Å². The first-order valence-electron chi connectivity index (χ1n) is 8.55. The lowest BCUT2D eigenvalue weighted by Crippen LogP contribution is -2.14. The number of methoxy groups -OCH3 is 2. The van der Waals surface area contributed by atoms with E-state index in [2.05, 4.69) is 25.6 Å². The van der Waals surface area contributed by atoms with Gasteiger partial charge >= 0.3 is 5.97 Å². The molecule has 1 aromatic heterocycles. The molecule has 0 aliphatic rings. The zero-order valence-electron chi connectivity index (χ0n) is 16.1. The van der Waals surface area contributed by atoms with Gasteiger partial charge in [-0.25, -0.2) is 9.48 Å². The number of tetrazole rings is 1. The van der Waals surface area contributed by atoms with Gasteiger partial charge in [-0.05, 0) is 59.3 Å². The predicted molar refractivity (Wildman–Crippen MR) is 102 cm³/mol. The third-order valence-corrected chi connectivity index (χ3v) is 4.05. The summed E-state index contributed by atoms with van der Waals surface area (Å²) in [6.07, 6.45) is 1.50. The standard InChI is InChI=1S/C19H19N5O5/c1-12-8-14(5-6-15(12)24-11-20-22-23-24)21-19(26)13-4-7-16(17(9-13)27-2)29-10-18(25)28-3/h4-9,11H,10H2,1-3H3,(H,21,26). The Hall–Kier alpha value is -3.95. The van der Waals surface area contributed by atoms with Gasteiger partial charge in [-0.15, -0.1) is 5.10 Å². The van der Waals surface area contributed by atoms with Crippen molar-refractivity contribution in [3.05, 3.63) is 53.9 Å². The number of rotatable bonds is 7. The van der Waals surface area contributed by atoms with E-state index in [1.807, 2.05) is 19.1 Å². The zero-order chi connectivity index (χ0) is 20.8. The Morgan fingerprint density at radius 3 is 2.59 bits per heavy atom. The summed E-state index contributed by atoms with van der Waals surface area (Å²) in [6.45, 7) is 1.63. The zero-order valence-corrected chi connectivity index (χ0v) is 16.1. The van der Waals surface area contributed by atoms with Crippen molar-refractivity contribution < 1.29 is 23.8 Å². The summed E-state index contributed by atoms with van der Waals surface area (Å²) in [6, 6.07) is 10.1. The van der Waals surface area contributed by atoms with Gasteiger partial charge in [-0.2, -0.15) is 0 Å². The van der Waals surface area contributed by atoms with E-state index in [-0.39, 0.29) is 12.5 Å². The molecule has 0 radical (unpaired) electrons. The molecule has 0 saturated carbocycles. The highest BCUT2D eigenvalue weighted by Gasteiger charge is 2.13. The maximum atomic E-state index is 12.6. The van der Waals surface area contributed by atoms with Crippen LogP contribution in [0.25, 0.3) is 5.69 Å². The maximum Gasteiger partial charge on any atom is 0.343 e. The Bertz CT molecular complexity index is 1020. The van der Waals surface area contributed by atoms with E-state index in [1.165, 1.54) is 26.6 Å². The number of hydrogen-bond donors (Lipinski definition) is 1. The van der Waals surface area contributed by atoms with Crippen molar-refractivity contribution in [3.63, 3.8) is 0 Å². The third kappa shape index (κ3) is 4.67. The Kier molecular flexibility index (Phi) is 6.03. The molecule has 1 N–H and O–H groups in total. The van der Waals surface area contributed by atoms with Gasteiger partial charge in [0, 0.05) is 11.3 Å². The van der Waals surface area contributed by atoms with E-state index in [4.69, 9.17) is 9.47 Å². The van der Waals surface area contributed by atoms with Crippen LogP contribution in [0.15, 0.2) is 42.7 Å². The van der Waals surface area contributed by atoms with Crippen molar-refractivity contribution in [1.82, 2.24) is 20.2 Å². The lowest BCUT2D eigenvalue weighted by molar-refractivity contribution is -0.142. The lowest BCUT2D eigenvalue weighted by atomic mass is 10.1. The summed E-state index contributed by atoms with van der Waals surface area (Å²) in [5, 5.41) is 13.9. The molecule has 10 heteroatoms. The summed E-state index contributed by atoms with van der Waals surface area (Å²) in [5.74, 6) is -0.186. The number of nitrogens with zero attached hydrogens (tertiary/aromatic N) is 4. The van der Waals surface area contributed by atoms with E-state index in [0.717, 1.165) is 11.3 Å². The minimum Gasteiger partial charge on any atom is -0.493 e. The SMILES string of the molecule is COC(=O)COc1ccc(C(=O)Nc2ccc(-n3cnnn3)c(C)c2)cc1OC. The fraction of sp³-hybridized carbons (Fsp3) is 0.211. The van der Waals surface area contributed by atoms with Crippen LogP contribution in [-0.2, 0) is 9.53 Å². The summed E-state index contributed by atoms with van der Waals surface area (Å²) in [5.41, 5.74) is 2.68. The van der Waals surface area contributed by atoms with Gasteiger partial charge in [-0.3, -0.25) is 4.79 Å². The second-order valence-corrected chi connectivity index (χ2v) is 5.94. The average molecular weight is 397 g/mol.